The molecule has 0 bridgehead atoms. The smallest absolute Gasteiger partial charge is 0.251 e. The molecule has 0 aliphatic heterocycles. The molecule has 6 heteroatoms. The highest BCUT2D eigenvalue weighted by Crippen LogP contribution is 2.18. The summed E-state index contributed by atoms with van der Waals surface area (Å²) in [5, 5.41) is 3.93. The van der Waals surface area contributed by atoms with E-state index in [1.807, 2.05) is 43.5 Å². The van der Waals surface area contributed by atoms with Crippen molar-refractivity contribution in [3.8, 4) is 5.75 Å². The van der Waals surface area contributed by atoms with Crippen LogP contribution in [-0.2, 0) is 13.1 Å². The van der Waals surface area contributed by atoms with E-state index >= 15 is 0 Å². The molecule has 174 valence electrons. The summed E-state index contributed by atoms with van der Waals surface area (Å²) in [5.41, 5.74) is 3.73. The number of nitrogens with one attached hydrogen (secondary N) is 1. The van der Waals surface area contributed by atoms with E-state index in [9.17, 15) is 9.18 Å². The van der Waals surface area contributed by atoms with Crippen LogP contribution in [0, 0.1) is 5.82 Å². The van der Waals surface area contributed by atoms with Gasteiger partial charge in [-0.3, -0.25) is 14.7 Å². The Hall–Kier alpha value is -3.77. The zero-order valence-electron chi connectivity index (χ0n) is 19.4. The van der Waals surface area contributed by atoms with Crippen molar-refractivity contribution in [1.29, 1.82) is 0 Å². The number of hydrogen-bond acceptors (Lipinski definition) is 4. The Labute approximate surface area is 199 Å². The molecule has 1 aromatic heterocycles. The predicted molar refractivity (Wildman–Crippen MR) is 132 cm³/mol. The van der Waals surface area contributed by atoms with Crippen LogP contribution in [0.3, 0.4) is 0 Å². The number of fused-ring (bicyclic) bond motifs is 1. The van der Waals surface area contributed by atoms with E-state index in [2.05, 4.69) is 46.5 Å². The molecule has 34 heavy (non-hydrogen) atoms. The SMILES string of the molecule is CC(CNC(=O)c1cccc(F)c1)Oc1ccc(CN(C)Cc2ccc3ncccc3c2)cc1. The van der Waals surface area contributed by atoms with E-state index in [0.29, 0.717) is 12.1 Å². The van der Waals surface area contributed by atoms with E-state index in [4.69, 9.17) is 4.74 Å². The van der Waals surface area contributed by atoms with Crippen LogP contribution in [0.1, 0.15) is 28.4 Å². The molecule has 1 atom stereocenters. The maximum Gasteiger partial charge on any atom is 0.251 e. The lowest BCUT2D eigenvalue weighted by Gasteiger charge is -2.18. The summed E-state index contributed by atoms with van der Waals surface area (Å²) in [6, 6.07) is 24.0. The van der Waals surface area contributed by atoms with Crippen LogP contribution < -0.4 is 10.1 Å². The maximum absolute atomic E-state index is 13.3. The van der Waals surface area contributed by atoms with Crippen molar-refractivity contribution in [1.82, 2.24) is 15.2 Å². The lowest BCUT2D eigenvalue weighted by atomic mass is 10.1. The van der Waals surface area contributed by atoms with Crippen molar-refractivity contribution in [3.63, 3.8) is 0 Å². The number of rotatable bonds is 9. The van der Waals surface area contributed by atoms with Crippen molar-refractivity contribution < 1.29 is 13.9 Å². The predicted octanol–water partition coefficient (Wildman–Crippen LogP) is 5.20. The zero-order chi connectivity index (χ0) is 23.9. The van der Waals surface area contributed by atoms with Crippen LogP contribution in [0.4, 0.5) is 4.39 Å². The van der Waals surface area contributed by atoms with Crippen LogP contribution >= 0.6 is 0 Å². The third-order valence-corrected chi connectivity index (χ3v) is 5.47. The molecule has 0 fully saturated rings. The second-order valence-corrected chi connectivity index (χ2v) is 8.50. The Bertz CT molecular complexity index is 1260. The van der Waals surface area contributed by atoms with Crippen LogP contribution in [0.5, 0.6) is 5.75 Å². The minimum absolute atomic E-state index is 0.228. The molecule has 0 saturated carbocycles. The molecule has 3 aromatic carbocycles. The minimum atomic E-state index is -0.433. The van der Waals surface area contributed by atoms with E-state index in [1.54, 1.807) is 6.07 Å². The van der Waals surface area contributed by atoms with Gasteiger partial charge in [-0.1, -0.05) is 30.3 Å². The summed E-state index contributed by atoms with van der Waals surface area (Å²) >= 11 is 0. The Balaban J connectivity index is 1.25. The number of aromatic nitrogens is 1. The average Bonchev–Trinajstić information content (AvgIpc) is 2.83. The molecule has 0 aliphatic carbocycles. The van der Waals surface area contributed by atoms with E-state index in [-0.39, 0.29) is 12.0 Å². The summed E-state index contributed by atoms with van der Waals surface area (Å²) < 4.78 is 19.2. The number of pyridine rings is 1. The third-order valence-electron chi connectivity index (χ3n) is 5.47. The first kappa shape index (κ1) is 23.4. The number of carbonyl (C=O) groups is 1. The van der Waals surface area contributed by atoms with Gasteiger partial charge in [-0.15, -0.1) is 0 Å². The fourth-order valence-corrected chi connectivity index (χ4v) is 3.82. The largest absolute Gasteiger partial charge is 0.489 e. The Morgan fingerprint density at radius 3 is 2.56 bits per heavy atom. The molecule has 1 heterocycles. The van der Waals surface area contributed by atoms with Gasteiger partial charge in [0.1, 0.15) is 17.7 Å². The standard InChI is InChI=1S/C28H28FN3O2/c1-20(17-31-28(33)24-5-3-7-25(29)16-24)34-26-11-8-21(9-12-26)18-32(2)19-22-10-13-27-23(15-22)6-4-14-30-27/h3-16,20H,17-19H2,1-2H3,(H,31,33). The molecule has 4 rings (SSSR count). The molecule has 0 aliphatic rings. The van der Waals surface area contributed by atoms with Crippen molar-refractivity contribution in [2.24, 2.45) is 0 Å². The van der Waals surface area contributed by atoms with Crippen LogP contribution in [0.2, 0.25) is 0 Å². The number of benzene rings is 3. The van der Waals surface area contributed by atoms with Crippen LogP contribution in [0.25, 0.3) is 10.9 Å². The van der Waals surface area contributed by atoms with E-state index < -0.39 is 5.82 Å². The lowest BCUT2D eigenvalue weighted by Crippen LogP contribution is -2.33. The molecule has 1 amide bonds. The first-order chi connectivity index (χ1) is 16.5. The Kier molecular flexibility index (Phi) is 7.50. The molecule has 4 aromatic rings. The van der Waals surface area contributed by atoms with Crippen molar-refractivity contribution in [2.45, 2.75) is 26.1 Å². The van der Waals surface area contributed by atoms with Crippen molar-refractivity contribution in [2.75, 3.05) is 13.6 Å². The summed E-state index contributed by atoms with van der Waals surface area (Å²) in [7, 11) is 2.10. The third kappa shape index (κ3) is 6.39. The second-order valence-electron chi connectivity index (χ2n) is 8.50. The average molecular weight is 458 g/mol. The van der Waals surface area contributed by atoms with Gasteiger partial charge >= 0.3 is 0 Å². The second kappa shape index (κ2) is 10.9. The van der Waals surface area contributed by atoms with Gasteiger partial charge in [0, 0.05) is 30.2 Å². The monoisotopic (exact) mass is 457 g/mol. The van der Waals surface area contributed by atoms with Gasteiger partial charge in [0.25, 0.3) is 5.91 Å². The zero-order valence-corrected chi connectivity index (χ0v) is 19.4. The van der Waals surface area contributed by atoms with Crippen LogP contribution in [0.15, 0.2) is 85.1 Å². The van der Waals surface area contributed by atoms with Gasteiger partial charge in [-0.25, -0.2) is 4.39 Å². The molecule has 0 saturated heterocycles. The number of carbonyl (C=O) groups excluding carboxylic acids is 1. The molecular weight excluding hydrogens is 429 g/mol. The molecule has 5 nitrogen and oxygen atoms in total. The van der Waals surface area contributed by atoms with Gasteiger partial charge in [0.15, 0.2) is 0 Å². The molecule has 1 unspecified atom stereocenters. The quantitative estimate of drug-likeness (QED) is 0.375. The van der Waals surface area contributed by atoms with Crippen molar-refractivity contribution in [3.05, 3.63) is 108 Å². The first-order valence-corrected chi connectivity index (χ1v) is 11.3. The topological polar surface area (TPSA) is 54.5 Å². The van der Waals surface area contributed by atoms with Gasteiger partial charge in [-0.2, -0.15) is 0 Å². The van der Waals surface area contributed by atoms with Gasteiger partial charge in [0.05, 0.1) is 12.1 Å². The maximum atomic E-state index is 13.3. The fraction of sp³-hybridized carbons (Fsp3) is 0.214. The summed E-state index contributed by atoms with van der Waals surface area (Å²) in [6.45, 7) is 3.85. The highest BCUT2D eigenvalue weighted by molar-refractivity contribution is 5.94. The summed E-state index contributed by atoms with van der Waals surface area (Å²) in [6.07, 6.45) is 1.58. The summed E-state index contributed by atoms with van der Waals surface area (Å²) in [4.78, 5) is 18.8. The van der Waals surface area contributed by atoms with E-state index in [1.165, 1.54) is 29.3 Å². The number of nitrogens with zero attached hydrogens (tertiary/aromatic N) is 2. The molecule has 0 spiro atoms. The Morgan fingerprint density at radius 2 is 1.76 bits per heavy atom. The molecule has 1 N–H and O–H groups in total. The summed E-state index contributed by atoms with van der Waals surface area (Å²) in [5.74, 6) is -0.0193. The highest BCUT2D eigenvalue weighted by atomic mass is 19.1. The lowest BCUT2D eigenvalue weighted by molar-refractivity contribution is 0.0931. The normalized spacial score (nSPS) is 12.0. The van der Waals surface area contributed by atoms with Crippen LogP contribution in [-0.4, -0.2) is 35.5 Å². The van der Waals surface area contributed by atoms with Gasteiger partial charge in [0.2, 0.25) is 0 Å². The number of ether oxygens (including phenoxy) is 1. The fourth-order valence-electron chi connectivity index (χ4n) is 3.82. The first-order valence-electron chi connectivity index (χ1n) is 11.3. The number of amides is 1. The number of hydrogen-bond donors (Lipinski definition) is 1. The highest BCUT2D eigenvalue weighted by Gasteiger charge is 2.10. The van der Waals surface area contributed by atoms with Crippen molar-refractivity contribution >= 4 is 16.8 Å². The molecule has 0 radical (unpaired) electrons. The number of halogens is 1. The van der Waals surface area contributed by atoms with Gasteiger partial charge in [-0.05, 0) is 73.6 Å². The van der Waals surface area contributed by atoms with Gasteiger partial charge < -0.3 is 10.1 Å². The molecular formula is C28H28FN3O2. The minimum Gasteiger partial charge on any atom is -0.489 e. The van der Waals surface area contributed by atoms with E-state index in [0.717, 1.165) is 29.7 Å². The Morgan fingerprint density at radius 1 is 1.00 bits per heavy atom.